The lowest BCUT2D eigenvalue weighted by atomic mass is 9.89. The van der Waals surface area contributed by atoms with Gasteiger partial charge in [-0.3, -0.25) is 0 Å². The van der Waals surface area contributed by atoms with Crippen molar-refractivity contribution < 1.29 is 0 Å². The SMILES string of the molecule is c1ccc(-c2cc(-c3ccccc3)nc(-c3ccc4ccc5c(-c6nc(-c7ccc8ccccc8c7)nc(-c7ccc8ccccc8c7)n6)ccc6ccc3c4c65)n2)cc1. The van der Waals surface area contributed by atoms with Crippen LogP contribution in [0.2, 0.25) is 0 Å². The summed E-state index contributed by atoms with van der Waals surface area (Å²) in [4.78, 5) is 26.1. The van der Waals surface area contributed by atoms with Gasteiger partial charge in [-0.15, -0.1) is 0 Å². The minimum absolute atomic E-state index is 0.626. The maximum absolute atomic E-state index is 5.25. The summed E-state index contributed by atoms with van der Waals surface area (Å²) in [6.07, 6.45) is 0. The van der Waals surface area contributed by atoms with Crippen LogP contribution in [0.25, 0.3) is 122 Å². The summed E-state index contributed by atoms with van der Waals surface area (Å²) in [6, 6.07) is 69.9. The van der Waals surface area contributed by atoms with Crippen molar-refractivity contribution in [3.05, 3.63) is 200 Å². The van der Waals surface area contributed by atoms with E-state index in [-0.39, 0.29) is 0 Å². The van der Waals surface area contributed by atoms with E-state index in [1.165, 1.54) is 10.8 Å². The van der Waals surface area contributed by atoms with Gasteiger partial charge in [0.05, 0.1) is 11.4 Å². The number of rotatable bonds is 6. The second-order valence-corrected chi connectivity index (χ2v) is 15.3. The summed E-state index contributed by atoms with van der Waals surface area (Å²) < 4.78 is 0. The summed E-state index contributed by atoms with van der Waals surface area (Å²) in [5.41, 5.74) is 7.66. The zero-order valence-corrected chi connectivity index (χ0v) is 32.3. The first-order valence-corrected chi connectivity index (χ1v) is 20.2. The highest BCUT2D eigenvalue weighted by Gasteiger charge is 2.20. The standard InChI is InChI=1S/C55H33N5/c1-3-13-36(14-4-1)48-33-49(37-15-5-2-6-16-37)57-54(56-48)46-29-25-38-24-28-45-47(30-26-39-23-27-44(46)50(38)51(39)45)55-59-52(42-21-19-34-11-7-9-17-40(34)31-42)58-53(60-55)43-22-20-35-12-8-10-18-41(35)32-43/h1-33H. The molecule has 0 aliphatic carbocycles. The molecule has 0 radical (unpaired) electrons. The normalized spacial score (nSPS) is 11.7. The maximum Gasteiger partial charge on any atom is 0.164 e. The molecule has 0 N–H and O–H groups in total. The molecule has 10 aromatic carbocycles. The van der Waals surface area contributed by atoms with Gasteiger partial charge >= 0.3 is 0 Å². The first-order valence-electron chi connectivity index (χ1n) is 20.2. The molecule has 0 fully saturated rings. The number of hydrogen-bond donors (Lipinski definition) is 0. The number of aromatic nitrogens is 5. The van der Waals surface area contributed by atoms with Crippen LogP contribution in [0.4, 0.5) is 0 Å². The third-order valence-corrected chi connectivity index (χ3v) is 11.7. The molecule has 0 spiro atoms. The van der Waals surface area contributed by atoms with E-state index in [2.05, 4.69) is 188 Å². The molecule has 12 rings (SSSR count). The van der Waals surface area contributed by atoms with Crippen LogP contribution in [0.3, 0.4) is 0 Å². The lowest BCUT2D eigenvalue weighted by Crippen LogP contribution is -2.01. The van der Waals surface area contributed by atoms with E-state index in [1.54, 1.807) is 0 Å². The summed E-state index contributed by atoms with van der Waals surface area (Å²) in [6.45, 7) is 0. The van der Waals surface area contributed by atoms with Gasteiger partial charge in [-0.2, -0.15) is 0 Å². The Kier molecular flexibility index (Phi) is 7.78. The number of hydrogen-bond acceptors (Lipinski definition) is 5. The summed E-state index contributed by atoms with van der Waals surface area (Å²) in [7, 11) is 0. The largest absolute Gasteiger partial charge is 0.228 e. The van der Waals surface area contributed by atoms with E-state index in [0.29, 0.717) is 23.3 Å². The summed E-state index contributed by atoms with van der Waals surface area (Å²) in [5.74, 6) is 2.57. The van der Waals surface area contributed by atoms with Crippen LogP contribution in [-0.2, 0) is 0 Å². The highest BCUT2D eigenvalue weighted by Crippen LogP contribution is 2.42. The lowest BCUT2D eigenvalue weighted by Gasteiger charge is -2.17. The van der Waals surface area contributed by atoms with E-state index in [9.17, 15) is 0 Å². The Bertz CT molecular complexity index is 3450. The van der Waals surface area contributed by atoms with E-state index >= 15 is 0 Å². The van der Waals surface area contributed by atoms with Gasteiger partial charge in [0.25, 0.3) is 0 Å². The molecule has 12 aromatic rings. The van der Waals surface area contributed by atoms with E-state index in [4.69, 9.17) is 24.9 Å². The van der Waals surface area contributed by atoms with Crippen LogP contribution in [-0.4, -0.2) is 24.9 Å². The van der Waals surface area contributed by atoms with Crippen molar-refractivity contribution in [1.29, 1.82) is 0 Å². The van der Waals surface area contributed by atoms with Crippen molar-refractivity contribution in [3.63, 3.8) is 0 Å². The van der Waals surface area contributed by atoms with Crippen LogP contribution in [0.15, 0.2) is 200 Å². The Morgan fingerprint density at radius 1 is 0.233 bits per heavy atom. The molecule has 0 unspecified atom stereocenters. The Balaban J connectivity index is 1.07. The molecule has 278 valence electrons. The zero-order valence-electron chi connectivity index (χ0n) is 32.3. The fourth-order valence-electron chi connectivity index (χ4n) is 8.68. The molecule has 60 heavy (non-hydrogen) atoms. The second kappa shape index (κ2) is 13.8. The molecule has 0 aliphatic rings. The predicted octanol–water partition coefficient (Wildman–Crippen LogP) is 13.9. The highest BCUT2D eigenvalue weighted by atomic mass is 15.0. The van der Waals surface area contributed by atoms with Gasteiger partial charge < -0.3 is 0 Å². The Labute approximate surface area is 345 Å². The Morgan fingerprint density at radius 3 is 1.10 bits per heavy atom. The molecule has 0 aliphatic heterocycles. The number of nitrogens with zero attached hydrogens (tertiary/aromatic N) is 5. The van der Waals surface area contributed by atoms with Crippen molar-refractivity contribution in [2.24, 2.45) is 0 Å². The topological polar surface area (TPSA) is 64.5 Å². The molecular formula is C55H33N5. The summed E-state index contributed by atoms with van der Waals surface area (Å²) >= 11 is 0. The Hall–Kier alpha value is -8.15. The van der Waals surface area contributed by atoms with E-state index in [0.717, 1.165) is 87.9 Å². The molecular weight excluding hydrogens is 731 g/mol. The molecule has 0 saturated heterocycles. The number of benzene rings is 10. The van der Waals surface area contributed by atoms with Crippen molar-refractivity contribution in [1.82, 2.24) is 24.9 Å². The molecule has 5 heteroatoms. The zero-order chi connectivity index (χ0) is 39.6. The quantitative estimate of drug-likeness (QED) is 0.158. The second-order valence-electron chi connectivity index (χ2n) is 15.3. The van der Waals surface area contributed by atoms with Gasteiger partial charge in [0.1, 0.15) is 0 Å². The maximum atomic E-state index is 5.25. The molecule has 0 amide bonds. The molecule has 0 bridgehead atoms. The minimum atomic E-state index is 0.626. The van der Waals surface area contributed by atoms with Crippen molar-refractivity contribution in [2.75, 3.05) is 0 Å². The fourth-order valence-corrected chi connectivity index (χ4v) is 8.68. The lowest BCUT2D eigenvalue weighted by molar-refractivity contribution is 1.08. The average molecular weight is 764 g/mol. The van der Waals surface area contributed by atoms with E-state index in [1.807, 2.05) is 12.1 Å². The van der Waals surface area contributed by atoms with Crippen LogP contribution in [0.5, 0.6) is 0 Å². The minimum Gasteiger partial charge on any atom is -0.228 e. The first kappa shape index (κ1) is 33.9. The number of fused-ring (bicyclic) bond motifs is 2. The van der Waals surface area contributed by atoms with Gasteiger partial charge in [-0.25, -0.2) is 24.9 Å². The first-order chi connectivity index (χ1) is 29.7. The van der Waals surface area contributed by atoms with Gasteiger partial charge in [-0.05, 0) is 84.2 Å². The molecule has 0 saturated carbocycles. The molecule has 2 aromatic heterocycles. The van der Waals surface area contributed by atoms with Crippen LogP contribution in [0.1, 0.15) is 0 Å². The third kappa shape index (κ3) is 5.75. The van der Waals surface area contributed by atoms with Gasteiger partial charge in [-0.1, -0.05) is 170 Å². The molecule has 2 heterocycles. The molecule has 5 nitrogen and oxygen atoms in total. The van der Waals surface area contributed by atoms with Crippen LogP contribution in [0, 0.1) is 0 Å². The third-order valence-electron chi connectivity index (χ3n) is 11.7. The Morgan fingerprint density at radius 2 is 0.617 bits per heavy atom. The average Bonchev–Trinajstić information content (AvgIpc) is 3.33. The van der Waals surface area contributed by atoms with Crippen LogP contribution < -0.4 is 0 Å². The van der Waals surface area contributed by atoms with Gasteiger partial charge in [0, 0.05) is 33.4 Å². The highest BCUT2D eigenvalue weighted by molar-refractivity contribution is 6.27. The fraction of sp³-hybridized carbons (Fsp3) is 0. The van der Waals surface area contributed by atoms with Crippen molar-refractivity contribution in [3.8, 4) is 68.1 Å². The summed E-state index contributed by atoms with van der Waals surface area (Å²) in [5, 5.41) is 11.4. The smallest absolute Gasteiger partial charge is 0.164 e. The van der Waals surface area contributed by atoms with Gasteiger partial charge in [0.2, 0.25) is 0 Å². The predicted molar refractivity (Wildman–Crippen MR) is 247 cm³/mol. The van der Waals surface area contributed by atoms with Gasteiger partial charge in [0.15, 0.2) is 23.3 Å². The monoisotopic (exact) mass is 763 g/mol. The van der Waals surface area contributed by atoms with Crippen molar-refractivity contribution >= 4 is 53.9 Å². The van der Waals surface area contributed by atoms with Crippen LogP contribution >= 0.6 is 0 Å². The van der Waals surface area contributed by atoms with Crippen molar-refractivity contribution in [2.45, 2.75) is 0 Å². The molecule has 0 atom stereocenters. The van der Waals surface area contributed by atoms with E-state index < -0.39 is 0 Å².